The summed E-state index contributed by atoms with van der Waals surface area (Å²) in [4.78, 5) is 0. The van der Waals surface area contributed by atoms with Crippen LogP contribution in [0, 0.1) is 5.82 Å². The van der Waals surface area contributed by atoms with Crippen molar-refractivity contribution in [3.63, 3.8) is 0 Å². The lowest BCUT2D eigenvalue weighted by Crippen LogP contribution is -2.38. The van der Waals surface area contributed by atoms with Crippen molar-refractivity contribution in [1.82, 2.24) is 0 Å². The second kappa shape index (κ2) is 6.85. The van der Waals surface area contributed by atoms with Crippen molar-refractivity contribution >= 4 is 0 Å². The van der Waals surface area contributed by atoms with Gasteiger partial charge in [0.25, 0.3) is 0 Å². The number of hydrogen-bond acceptors (Lipinski definition) is 1. The SMILES string of the molecule is COc1ccc(C2(c3ccccc3F)CCC(F)(F)CC2)cc1.O. The second-order valence-electron chi connectivity index (χ2n) is 6.15. The van der Waals surface area contributed by atoms with Crippen molar-refractivity contribution in [2.45, 2.75) is 37.0 Å². The quantitative estimate of drug-likeness (QED) is 0.812. The molecule has 2 N–H and O–H groups in total. The van der Waals surface area contributed by atoms with Gasteiger partial charge in [-0.25, -0.2) is 13.2 Å². The van der Waals surface area contributed by atoms with Crippen molar-refractivity contribution in [3.8, 4) is 5.75 Å². The number of ether oxygens (including phenoxy) is 1. The Labute approximate surface area is 139 Å². The molecule has 0 unspecified atom stereocenters. The fourth-order valence-corrected chi connectivity index (χ4v) is 3.52. The molecule has 5 heteroatoms. The molecule has 1 fully saturated rings. The third kappa shape index (κ3) is 3.26. The molecule has 0 saturated heterocycles. The first-order chi connectivity index (χ1) is 11.0. The van der Waals surface area contributed by atoms with Crippen LogP contribution in [-0.2, 0) is 5.41 Å². The molecule has 1 aliphatic rings. The van der Waals surface area contributed by atoms with E-state index in [0.717, 1.165) is 5.56 Å². The van der Waals surface area contributed by atoms with Crippen LogP contribution in [0.4, 0.5) is 13.2 Å². The number of methoxy groups -OCH3 is 1. The highest BCUT2D eigenvalue weighted by Gasteiger charge is 2.46. The Morgan fingerprint density at radius 2 is 1.46 bits per heavy atom. The standard InChI is InChI=1S/C19H19F3O.H2O/c1-23-15-8-6-14(7-9-15)18(10-12-19(21,22)13-11-18)16-4-2-3-5-17(16)20;/h2-9H,10-13H2,1H3;1H2. The first-order valence-corrected chi connectivity index (χ1v) is 7.74. The van der Waals surface area contributed by atoms with Gasteiger partial charge in [0.15, 0.2) is 0 Å². The Kier molecular flexibility index (Phi) is 5.23. The molecule has 0 radical (unpaired) electrons. The van der Waals surface area contributed by atoms with E-state index in [-0.39, 0.29) is 37.0 Å². The summed E-state index contributed by atoms with van der Waals surface area (Å²) < 4.78 is 47.0. The third-order valence-electron chi connectivity index (χ3n) is 4.87. The highest BCUT2D eigenvalue weighted by molar-refractivity contribution is 5.43. The van der Waals surface area contributed by atoms with Gasteiger partial charge in [0, 0.05) is 18.3 Å². The zero-order valence-electron chi connectivity index (χ0n) is 13.5. The van der Waals surface area contributed by atoms with E-state index in [0.29, 0.717) is 11.3 Å². The molecule has 1 saturated carbocycles. The van der Waals surface area contributed by atoms with Gasteiger partial charge in [-0.05, 0) is 42.2 Å². The molecule has 2 aromatic rings. The fraction of sp³-hybridized carbons (Fsp3) is 0.368. The van der Waals surface area contributed by atoms with Crippen molar-refractivity contribution in [1.29, 1.82) is 0 Å². The lowest BCUT2D eigenvalue weighted by atomic mass is 9.64. The molecule has 0 aromatic heterocycles. The van der Waals surface area contributed by atoms with Gasteiger partial charge in [-0.2, -0.15) is 0 Å². The van der Waals surface area contributed by atoms with E-state index in [9.17, 15) is 13.2 Å². The van der Waals surface area contributed by atoms with Crippen molar-refractivity contribution < 1.29 is 23.4 Å². The van der Waals surface area contributed by atoms with E-state index < -0.39 is 11.3 Å². The topological polar surface area (TPSA) is 40.7 Å². The zero-order chi connectivity index (χ0) is 16.5. The minimum absolute atomic E-state index is 0. The number of halogens is 3. The third-order valence-corrected chi connectivity index (χ3v) is 4.87. The summed E-state index contributed by atoms with van der Waals surface area (Å²) in [6.45, 7) is 0. The minimum Gasteiger partial charge on any atom is -0.497 e. The first kappa shape index (κ1) is 18.3. The van der Waals surface area contributed by atoms with Gasteiger partial charge in [0.1, 0.15) is 11.6 Å². The highest BCUT2D eigenvalue weighted by atomic mass is 19.3. The number of hydrogen-bond donors (Lipinski definition) is 0. The molecule has 0 heterocycles. The van der Waals surface area contributed by atoms with E-state index >= 15 is 0 Å². The summed E-state index contributed by atoms with van der Waals surface area (Å²) in [5, 5.41) is 0. The second-order valence-corrected chi connectivity index (χ2v) is 6.15. The van der Waals surface area contributed by atoms with Crippen LogP contribution in [-0.4, -0.2) is 18.5 Å². The predicted molar refractivity (Wildman–Crippen MR) is 87.2 cm³/mol. The Balaban J connectivity index is 0.00000208. The van der Waals surface area contributed by atoms with E-state index in [1.54, 1.807) is 37.4 Å². The van der Waals surface area contributed by atoms with E-state index in [1.807, 2.05) is 12.1 Å². The molecular formula is C19H21F3O2. The van der Waals surface area contributed by atoms with Gasteiger partial charge in [0.05, 0.1) is 7.11 Å². The first-order valence-electron chi connectivity index (χ1n) is 7.74. The van der Waals surface area contributed by atoms with Crippen LogP contribution >= 0.6 is 0 Å². The Hall–Kier alpha value is -2.01. The van der Waals surface area contributed by atoms with Crippen molar-refractivity contribution in [3.05, 3.63) is 65.5 Å². The average molecular weight is 338 g/mol. The van der Waals surface area contributed by atoms with Gasteiger partial charge in [-0.3, -0.25) is 0 Å². The summed E-state index contributed by atoms with van der Waals surface area (Å²) in [6, 6.07) is 13.8. The van der Waals surface area contributed by atoms with Crippen LogP contribution < -0.4 is 4.74 Å². The van der Waals surface area contributed by atoms with Gasteiger partial charge in [-0.1, -0.05) is 30.3 Å². The Bertz CT molecular complexity index is 673. The molecule has 2 nitrogen and oxygen atoms in total. The van der Waals surface area contributed by atoms with Gasteiger partial charge >= 0.3 is 0 Å². The largest absolute Gasteiger partial charge is 0.497 e. The number of alkyl halides is 2. The maximum Gasteiger partial charge on any atom is 0.248 e. The average Bonchev–Trinajstić information content (AvgIpc) is 2.56. The zero-order valence-corrected chi connectivity index (χ0v) is 13.5. The van der Waals surface area contributed by atoms with E-state index in [1.165, 1.54) is 6.07 Å². The predicted octanol–water partition coefficient (Wildman–Crippen LogP) is 4.51. The molecule has 0 aliphatic heterocycles. The van der Waals surface area contributed by atoms with E-state index in [2.05, 4.69) is 0 Å². The van der Waals surface area contributed by atoms with Gasteiger partial charge in [0.2, 0.25) is 5.92 Å². The summed E-state index contributed by atoms with van der Waals surface area (Å²) in [6.07, 6.45) is 0.00124. The smallest absolute Gasteiger partial charge is 0.248 e. The summed E-state index contributed by atoms with van der Waals surface area (Å²) in [7, 11) is 1.57. The molecule has 2 aromatic carbocycles. The van der Waals surface area contributed by atoms with Crippen LogP contribution in [0.5, 0.6) is 5.75 Å². The molecule has 3 rings (SSSR count). The summed E-state index contributed by atoms with van der Waals surface area (Å²) in [5.74, 6) is -2.31. The maximum absolute atomic E-state index is 14.4. The summed E-state index contributed by atoms with van der Waals surface area (Å²) >= 11 is 0. The molecular weight excluding hydrogens is 317 g/mol. The molecule has 24 heavy (non-hydrogen) atoms. The minimum atomic E-state index is -2.67. The van der Waals surface area contributed by atoms with Crippen LogP contribution in [0.25, 0.3) is 0 Å². The number of benzene rings is 2. The van der Waals surface area contributed by atoms with Crippen molar-refractivity contribution in [2.75, 3.05) is 7.11 Å². The maximum atomic E-state index is 14.4. The number of rotatable bonds is 3. The molecule has 130 valence electrons. The van der Waals surface area contributed by atoms with Crippen molar-refractivity contribution in [2.24, 2.45) is 0 Å². The van der Waals surface area contributed by atoms with Crippen LogP contribution in [0.15, 0.2) is 48.5 Å². The Morgan fingerprint density at radius 3 is 2.00 bits per heavy atom. The Morgan fingerprint density at radius 1 is 0.875 bits per heavy atom. The van der Waals surface area contributed by atoms with Crippen LogP contribution in [0.3, 0.4) is 0 Å². The molecule has 0 bridgehead atoms. The molecule has 0 amide bonds. The normalized spacial score (nSPS) is 18.5. The van der Waals surface area contributed by atoms with Crippen LogP contribution in [0.2, 0.25) is 0 Å². The molecule has 0 spiro atoms. The molecule has 1 aliphatic carbocycles. The summed E-state index contributed by atoms with van der Waals surface area (Å²) in [5.41, 5.74) is 0.652. The van der Waals surface area contributed by atoms with E-state index in [4.69, 9.17) is 4.74 Å². The lowest BCUT2D eigenvalue weighted by molar-refractivity contribution is -0.0474. The molecule has 0 atom stereocenters. The van der Waals surface area contributed by atoms with Gasteiger partial charge in [-0.15, -0.1) is 0 Å². The van der Waals surface area contributed by atoms with Gasteiger partial charge < -0.3 is 10.2 Å². The fourth-order valence-electron chi connectivity index (χ4n) is 3.52. The van der Waals surface area contributed by atoms with Crippen LogP contribution in [0.1, 0.15) is 36.8 Å². The highest BCUT2D eigenvalue weighted by Crippen LogP contribution is 2.50. The lowest BCUT2D eigenvalue weighted by Gasteiger charge is -2.41. The monoisotopic (exact) mass is 338 g/mol.